The van der Waals surface area contributed by atoms with Crippen molar-refractivity contribution in [2.24, 2.45) is 11.7 Å². The van der Waals surface area contributed by atoms with Gasteiger partial charge < -0.3 is 20.5 Å². The van der Waals surface area contributed by atoms with E-state index in [1.807, 2.05) is 6.92 Å². The zero-order valence-corrected chi connectivity index (χ0v) is 20.1. The molecule has 0 saturated carbocycles. The lowest BCUT2D eigenvalue weighted by Crippen LogP contribution is -2.41. The predicted molar refractivity (Wildman–Crippen MR) is 122 cm³/mol. The topological polar surface area (TPSA) is 128 Å². The number of nitrogens with one attached hydrogen (secondary N) is 1. The Morgan fingerprint density at radius 2 is 1.75 bits per heavy atom. The first-order valence-electron chi connectivity index (χ1n) is 10.0. The monoisotopic (exact) mass is 481 g/mol. The fraction of sp³-hybridized carbons (Fsp3) is 0.429. The number of amides is 2. The Hall–Kier alpha value is -2.63. The van der Waals surface area contributed by atoms with Crippen molar-refractivity contribution in [2.75, 3.05) is 32.6 Å². The molecule has 0 atom stereocenters. The number of aryl methyl sites for hydroxylation is 1. The van der Waals surface area contributed by atoms with Crippen LogP contribution in [-0.2, 0) is 14.8 Å². The second-order valence-electron chi connectivity index (χ2n) is 7.54. The molecule has 0 spiro atoms. The molecule has 0 aliphatic carbocycles. The lowest BCUT2D eigenvalue weighted by Gasteiger charge is -2.30. The van der Waals surface area contributed by atoms with Gasteiger partial charge in [0.25, 0.3) is 5.91 Å². The molecular formula is C21H27N3O6S2. The SMILES string of the molecule is COc1ccc(S(=O)(=O)N2CCC(C(=O)Nc3sc(C)c(C)c3C(N)=O)CC2)cc1OC. The number of rotatable bonds is 7. The highest BCUT2D eigenvalue weighted by Gasteiger charge is 2.33. The molecule has 0 unspecified atom stereocenters. The maximum absolute atomic E-state index is 13.1. The van der Waals surface area contributed by atoms with Crippen molar-refractivity contribution >= 4 is 38.2 Å². The van der Waals surface area contributed by atoms with E-state index in [0.29, 0.717) is 34.9 Å². The van der Waals surface area contributed by atoms with Gasteiger partial charge in [0.05, 0.1) is 24.7 Å². The molecule has 9 nitrogen and oxygen atoms in total. The first-order valence-corrected chi connectivity index (χ1v) is 12.3. The largest absolute Gasteiger partial charge is 0.493 e. The molecule has 1 aromatic carbocycles. The number of ether oxygens (including phenoxy) is 2. The first-order chi connectivity index (χ1) is 15.1. The molecule has 1 saturated heterocycles. The summed E-state index contributed by atoms with van der Waals surface area (Å²) in [6, 6.07) is 4.45. The quantitative estimate of drug-likeness (QED) is 0.625. The van der Waals surface area contributed by atoms with Crippen molar-refractivity contribution in [1.29, 1.82) is 0 Å². The number of sulfonamides is 1. The molecule has 1 aliphatic rings. The Balaban J connectivity index is 1.69. The average molecular weight is 482 g/mol. The van der Waals surface area contributed by atoms with E-state index in [1.54, 1.807) is 13.0 Å². The third-order valence-corrected chi connectivity index (χ3v) is 8.70. The van der Waals surface area contributed by atoms with Crippen LogP contribution in [0.4, 0.5) is 5.00 Å². The van der Waals surface area contributed by atoms with Gasteiger partial charge in [0.15, 0.2) is 11.5 Å². The molecule has 0 radical (unpaired) electrons. The van der Waals surface area contributed by atoms with Crippen molar-refractivity contribution in [1.82, 2.24) is 4.31 Å². The zero-order chi connectivity index (χ0) is 23.6. The summed E-state index contributed by atoms with van der Waals surface area (Å²) in [5.74, 6) is -0.420. The number of piperidine rings is 1. The number of primary amides is 1. The summed E-state index contributed by atoms with van der Waals surface area (Å²) in [5.41, 5.74) is 6.56. The lowest BCUT2D eigenvalue weighted by molar-refractivity contribution is -0.120. The molecule has 2 amide bonds. The normalized spacial score (nSPS) is 15.4. The van der Waals surface area contributed by atoms with Crippen molar-refractivity contribution in [3.8, 4) is 11.5 Å². The Morgan fingerprint density at radius 1 is 1.12 bits per heavy atom. The van der Waals surface area contributed by atoms with Crippen LogP contribution >= 0.6 is 11.3 Å². The van der Waals surface area contributed by atoms with Crippen LogP contribution in [0.25, 0.3) is 0 Å². The number of nitrogens with two attached hydrogens (primary N) is 1. The van der Waals surface area contributed by atoms with Gasteiger partial charge in [0.2, 0.25) is 15.9 Å². The molecule has 2 aromatic rings. The number of benzene rings is 1. The van der Waals surface area contributed by atoms with E-state index in [9.17, 15) is 18.0 Å². The van der Waals surface area contributed by atoms with E-state index >= 15 is 0 Å². The molecule has 3 N–H and O–H groups in total. The van der Waals surface area contributed by atoms with E-state index in [4.69, 9.17) is 15.2 Å². The molecular weight excluding hydrogens is 454 g/mol. The van der Waals surface area contributed by atoms with Crippen molar-refractivity contribution in [3.05, 3.63) is 34.2 Å². The van der Waals surface area contributed by atoms with E-state index in [0.717, 1.165) is 10.4 Å². The molecule has 0 bridgehead atoms. The van der Waals surface area contributed by atoms with Crippen LogP contribution in [0.3, 0.4) is 0 Å². The fourth-order valence-electron chi connectivity index (χ4n) is 3.71. The van der Waals surface area contributed by atoms with Crippen LogP contribution in [-0.4, -0.2) is 51.8 Å². The molecule has 3 rings (SSSR count). The maximum Gasteiger partial charge on any atom is 0.251 e. The van der Waals surface area contributed by atoms with Gasteiger partial charge >= 0.3 is 0 Å². The summed E-state index contributed by atoms with van der Waals surface area (Å²) >= 11 is 1.31. The van der Waals surface area contributed by atoms with E-state index in [1.165, 1.54) is 42.0 Å². The van der Waals surface area contributed by atoms with Gasteiger partial charge in [-0.3, -0.25) is 9.59 Å². The highest BCUT2D eigenvalue weighted by atomic mass is 32.2. The van der Waals surface area contributed by atoms with Crippen LogP contribution in [0, 0.1) is 19.8 Å². The molecule has 1 aliphatic heterocycles. The lowest BCUT2D eigenvalue weighted by atomic mass is 9.97. The van der Waals surface area contributed by atoms with Crippen LogP contribution < -0.4 is 20.5 Å². The van der Waals surface area contributed by atoms with Crippen LogP contribution in [0.5, 0.6) is 11.5 Å². The van der Waals surface area contributed by atoms with Crippen LogP contribution in [0.15, 0.2) is 23.1 Å². The molecule has 1 aromatic heterocycles. The summed E-state index contributed by atoms with van der Waals surface area (Å²) in [4.78, 5) is 25.6. The van der Waals surface area contributed by atoms with Gasteiger partial charge in [-0.1, -0.05) is 0 Å². The van der Waals surface area contributed by atoms with E-state index < -0.39 is 15.9 Å². The minimum atomic E-state index is -3.74. The maximum atomic E-state index is 13.1. The smallest absolute Gasteiger partial charge is 0.251 e. The first kappa shape index (κ1) is 24.0. The average Bonchev–Trinajstić information content (AvgIpc) is 3.06. The molecule has 2 heterocycles. The number of carbonyl (C=O) groups is 2. The number of hydrogen-bond donors (Lipinski definition) is 2. The van der Waals surface area contributed by atoms with Crippen LogP contribution in [0.2, 0.25) is 0 Å². The van der Waals surface area contributed by atoms with Gasteiger partial charge in [-0.25, -0.2) is 8.42 Å². The van der Waals surface area contributed by atoms with Gasteiger partial charge in [-0.15, -0.1) is 11.3 Å². The molecule has 174 valence electrons. The zero-order valence-electron chi connectivity index (χ0n) is 18.4. The van der Waals surface area contributed by atoms with Gasteiger partial charge in [-0.2, -0.15) is 4.31 Å². The van der Waals surface area contributed by atoms with Gasteiger partial charge in [0.1, 0.15) is 5.00 Å². The molecule has 1 fully saturated rings. The molecule has 32 heavy (non-hydrogen) atoms. The third kappa shape index (κ3) is 4.59. The standard InChI is InChI=1S/C21H27N3O6S2/c1-12-13(2)31-21(18(12)19(22)25)23-20(26)14-7-9-24(10-8-14)32(27,28)15-5-6-16(29-3)17(11-15)30-4/h5-6,11,14H,7-10H2,1-4H3,(H2,22,25)(H,23,26). The second kappa shape index (κ2) is 9.47. The van der Waals surface area contributed by atoms with Gasteiger partial charge in [-0.05, 0) is 44.4 Å². The number of carbonyl (C=O) groups excluding carboxylic acids is 2. The van der Waals surface area contributed by atoms with Gasteiger partial charge in [0, 0.05) is 30.0 Å². The summed E-state index contributed by atoms with van der Waals surface area (Å²) < 4.78 is 37.9. The number of anilines is 1. The van der Waals surface area contributed by atoms with E-state index in [2.05, 4.69) is 5.32 Å². The third-order valence-electron chi connectivity index (χ3n) is 5.69. The van der Waals surface area contributed by atoms with Crippen molar-refractivity contribution in [3.63, 3.8) is 0 Å². The van der Waals surface area contributed by atoms with E-state index in [-0.39, 0.29) is 29.8 Å². The fourth-order valence-corrected chi connectivity index (χ4v) is 6.26. The Labute approximate surface area is 191 Å². The predicted octanol–water partition coefficient (Wildman–Crippen LogP) is 2.52. The van der Waals surface area contributed by atoms with Crippen molar-refractivity contribution in [2.45, 2.75) is 31.6 Å². The summed E-state index contributed by atoms with van der Waals surface area (Å²) in [6.07, 6.45) is 0.737. The van der Waals surface area contributed by atoms with Crippen LogP contribution in [0.1, 0.15) is 33.6 Å². The second-order valence-corrected chi connectivity index (χ2v) is 10.7. The van der Waals surface area contributed by atoms with Crippen molar-refractivity contribution < 1.29 is 27.5 Å². The number of hydrogen-bond acceptors (Lipinski definition) is 7. The summed E-state index contributed by atoms with van der Waals surface area (Å²) in [5, 5.41) is 3.26. The minimum absolute atomic E-state index is 0.105. The number of thiophene rings is 1. The number of methoxy groups -OCH3 is 2. The minimum Gasteiger partial charge on any atom is -0.493 e. The Kier molecular flexibility index (Phi) is 7.11. The highest BCUT2D eigenvalue weighted by molar-refractivity contribution is 7.89. The Bertz CT molecular complexity index is 1130. The molecule has 11 heteroatoms. The highest BCUT2D eigenvalue weighted by Crippen LogP contribution is 2.34. The summed E-state index contributed by atoms with van der Waals surface area (Å²) in [6.45, 7) is 4.07. The number of nitrogens with zero attached hydrogens (tertiary/aromatic N) is 1. The summed E-state index contributed by atoms with van der Waals surface area (Å²) in [7, 11) is -0.819. The Morgan fingerprint density at radius 3 is 2.31 bits per heavy atom.